The summed E-state index contributed by atoms with van der Waals surface area (Å²) < 4.78 is 0. The number of likely N-dealkylation sites (N-methyl/N-ethyl adjacent to an activating group) is 1. The summed E-state index contributed by atoms with van der Waals surface area (Å²) >= 11 is 0. The molecule has 1 aliphatic heterocycles. The molecule has 0 spiro atoms. The van der Waals surface area contributed by atoms with E-state index in [4.69, 9.17) is 5.10 Å². The van der Waals surface area contributed by atoms with Gasteiger partial charge in [0.05, 0.1) is 18.3 Å². The molecule has 34 heavy (non-hydrogen) atoms. The number of hydrogen-bond donors (Lipinski definition) is 0. The quantitative estimate of drug-likeness (QED) is 0.440. The molecule has 0 aromatic heterocycles. The first-order valence-electron chi connectivity index (χ1n) is 12.3. The number of fused-ring (bicyclic) bond motifs is 1. The van der Waals surface area contributed by atoms with E-state index in [-0.39, 0.29) is 17.9 Å². The van der Waals surface area contributed by atoms with Crippen LogP contribution in [0.4, 0.5) is 5.69 Å². The average Bonchev–Trinajstić information content (AvgIpc) is 3.30. The summed E-state index contributed by atoms with van der Waals surface area (Å²) in [5, 5.41) is 6.81. The molecule has 0 radical (unpaired) electrons. The van der Waals surface area contributed by atoms with Crippen molar-refractivity contribution < 1.29 is 4.79 Å². The van der Waals surface area contributed by atoms with Crippen LogP contribution in [0, 0.1) is 5.92 Å². The molecule has 0 bridgehead atoms. The molecule has 2 atom stereocenters. The van der Waals surface area contributed by atoms with Crippen molar-refractivity contribution >= 4 is 23.4 Å². The van der Waals surface area contributed by atoms with Crippen molar-refractivity contribution in [1.82, 2.24) is 5.01 Å². The van der Waals surface area contributed by atoms with E-state index in [1.165, 1.54) is 11.1 Å². The highest BCUT2D eigenvalue weighted by Gasteiger charge is 2.43. The predicted molar refractivity (Wildman–Crippen MR) is 140 cm³/mol. The Hall–Kier alpha value is -3.66. The molecule has 1 amide bonds. The van der Waals surface area contributed by atoms with Crippen molar-refractivity contribution in [2.45, 2.75) is 32.2 Å². The number of rotatable bonds is 6. The van der Waals surface area contributed by atoms with Crippen molar-refractivity contribution in [3.8, 4) is 0 Å². The third-order valence-electron chi connectivity index (χ3n) is 6.87. The van der Waals surface area contributed by atoms with Crippen LogP contribution in [0.3, 0.4) is 0 Å². The first-order chi connectivity index (χ1) is 16.7. The fraction of sp³-hybridized carbons (Fsp3) is 0.267. The monoisotopic (exact) mass is 449 g/mol. The molecule has 0 N–H and O–H groups in total. The summed E-state index contributed by atoms with van der Waals surface area (Å²) in [6.07, 6.45) is 5.41. The normalized spacial score (nSPS) is 20.7. The number of carbonyl (C=O) groups excluding carboxylic acids is 1. The Morgan fingerprint density at radius 1 is 0.971 bits per heavy atom. The van der Waals surface area contributed by atoms with Gasteiger partial charge in [-0.05, 0) is 61.1 Å². The van der Waals surface area contributed by atoms with Gasteiger partial charge < -0.3 is 4.90 Å². The van der Waals surface area contributed by atoms with E-state index in [0.29, 0.717) is 6.54 Å². The minimum Gasteiger partial charge on any atom is -0.362 e. The van der Waals surface area contributed by atoms with Gasteiger partial charge in [-0.1, -0.05) is 78.9 Å². The molecule has 2 unspecified atom stereocenters. The highest BCUT2D eigenvalue weighted by Crippen LogP contribution is 2.44. The Morgan fingerprint density at radius 3 is 2.29 bits per heavy atom. The third kappa shape index (κ3) is 4.54. The van der Waals surface area contributed by atoms with E-state index >= 15 is 0 Å². The van der Waals surface area contributed by atoms with E-state index in [1.807, 2.05) is 30.3 Å². The Balaban J connectivity index is 1.49. The van der Waals surface area contributed by atoms with Gasteiger partial charge in [-0.15, -0.1) is 0 Å². The molecule has 3 aromatic rings. The van der Waals surface area contributed by atoms with Crippen molar-refractivity contribution in [2.24, 2.45) is 11.0 Å². The smallest absolute Gasteiger partial charge is 0.262 e. The van der Waals surface area contributed by atoms with Crippen molar-refractivity contribution in [1.29, 1.82) is 0 Å². The summed E-state index contributed by atoms with van der Waals surface area (Å²) in [5.74, 6) is 0.266. The summed E-state index contributed by atoms with van der Waals surface area (Å²) in [6, 6.07) is 30.9. The molecule has 5 rings (SSSR count). The Morgan fingerprint density at radius 2 is 1.62 bits per heavy atom. The van der Waals surface area contributed by atoms with Crippen LogP contribution in [-0.4, -0.2) is 29.7 Å². The lowest BCUT2D eigenvalue weighted by Crippen LogP contribution is -2.39. The van der Waals surface area contributed by atoms with Crippen LogP contribution in [0.15, 0.2) is 102 Å². The Bertz CT molecular complexity index is 1170. The van der Waals surface area contributed by atoms with Crippen LogP contribution in [0.5, 0.6) is 0 Å². The standard InChI is InChI=1S/C30H31N3O/c1-2-32(26-18-10-5-11-19-26)22-28(34)33-30(24-15-8-4-9-16-24)27-20-12-17-25(29(27)31-33)21-23-13-6-3-7-14-23/h3-11,13-16,18-19,21,27,30H,2,12,17,20,22H2,1H3. The molecule has 172 valence electrons. The fourth-order valence-electron chi connectivity index (χ4n) is 5.20. The number of carbonyl (C=O) groups is 1. The first kappa shape index (κ1) is 22.1. The number of hydrazone groups is 1. The van der Waals surface area contributed by atoms with E-state index in [9.17, 15) is 4.79 Å². The molecular formula is C30H31N3O. The molecule has 3 aromatic carbocycles. The van der Waals surface area contributed by atoms with Crippen LogP contribution < -0.4 is 4.90 Å². The molecule has 1 aliphatic carbocycles. The Labute approximate surface area is 202 Å². The molecule has 0 saturated heterocycles. The van der Waals surface area contributed by atoms with E-state index in [1.54, 1.807) is 5.01 Å². The number of benzene rings is 3. The minimum atomic E-state index is -0.0577. The zero-order valence-electron chi connectivity index (χ0n) is 19.7. The van der Waals surface area contributed by atoms with Crippen LogP contribution in [-0.2, 0) is 4.79 Å². The summed E-state index contributed by atoms with van der Waals surface area (Å²) in [4.78, 5) is 15.9. The van der Waals surface area contributed by atoms with Crippen molar-refractivity contribution in [2.75, 3.05) is 18.0 Å². The van der Waals surface area contributed by atoms with E-state index in [0.717, 1.165) is 42.8 Å². The molecule has 1 heterocycles. The van der Waals surface area contributed by atoms with Gasteiger partial charge in [0.25, 0.3) is 5.91 Å². The van der Waals surface area contributed by atoms with Gasteiger partial charge in [-0.25, -0.2) is 5.01 Å². The average molecular weight is 450 g/mol. The van der Waals surface area contributed by atoms with Crippen LogP contribution >= 0.6 is 0 Å². The highest BCUT2D eigenvalue weighted by molar-refractivity contribution is 6.08. The number of allylic oxidation sites excluding steroid dienone is 1. The number of para-hydroxylation sites is 1. The summed E-state index contributed by atoms with van der Waals surface area (Å²) in [6.45, 7) is 3.16. The number of amides is 1. The molecule has 2 aliphatic rings. The number of anilines is 1. The van der Waals surface area contributed by atoms with Gasteiger partial charge in [0, 0.05) is 18.2 Å². The maximum absolute atomic E-state index is 13.7. The maximum Gasteiger partial charge on any atom is 0.262 e. The predicted octanol–water partition coefficient (Wildman–Crippen LogP) is 6.34. The minimum absolute atomic E-state index is 0.0421. The molecule has 4 nitrogen and oxygen atoms in total. The van der Waals surface area contributed by atoms with Gasteiger partial charge in [0.15, 0.2) is 0 Å². The summed E-state index contributed by atoms with van der Waals surface area (Å²) in [7, 11) is 0. The lowest BCUT2D eigenvalue weighted by atomic mass is 9.77. The molecule has 1 fully saturated rings. The second-order valence-electron chi connectivity index (χ2n) is 9.01. The Kier molecular flexibility index (Phi) is 6.57. The lowest BCUT2D eigenvalue weighted by Gasteiger charge is -2.31. The van der Waals surface area contributed by atoms with Crippen molar-refractivity contribution in [3.05, 3.63) is 108 Å². The fourth-order valence-corrected chi connectivity index (χ4v) is 5.20. The number of hydrogen-bond acceptors (Lipinski definition) is 3. The van der Waals surface area contributed by atoms with Gasteiger partial charge in [0.1, 0.15) is 0 Å². The van der Waals surface area contributed by atoms with Crippen LogP contribution in [0.2, 0.25) is 0 Å². The van der Waals surface area contributed by atoms with Gasteiger partial charge in [-0.2, -0.15) is 5.10 Å². The third-order valence-corrected chi connectivity index (χ3v) is 6.87. The van der Waals surface area contributed by atoms with E-state index < -0.39 is 0 Å². The second-order valence-corrected chi connectivity index (χ2v) is 9.01. The van der Waals surface area contributed by atoms with Crippen LogP contribution in [0.1, 0.15) is 43.4 Å². The zero-order valence-corrected chi connectivity index (χ0v) is 19.7. The topological polar surface area (TPSA) is 35.9 Å². The lowest BCUT2D eigenvalue weighted by molar-refractivity contribution is -0.132. The van der Waals surface area contributed by atoms with Gasteiger partial charge in [0.2, 0.25) is 0 Å². The first-order valence-corrected chi connectivity index (χ1v) is 12.3. The molecule has 4 heteroatoms. The van der Waals surface area contributed by atoms with Gasteiger partial charge >= 0.3 is 0 Å². The van der Waals surface area contributed by atoms with Crippen molar-refractivity contribution in [3.63, 3.8) is 0 Å². The summed E-state index contributed by atoms with van der Waals surface area (Å²) in [5.41, 5.74) is 5.74. The van der Waals surface area contributed by atoms with E-state index in [2.05, 4.69) is 78.6 Å². The highest BCUT2D eigenvalue weighted by atomic mass is 16.2. The SMILES string of the molecule is CCN(CC(=O)N1N=C2C(=Cc3ccccc3)CCCC2C1c1ccccc1)c1ccccc1. The molecule has 1 saturated carbocycles. The zero-order chi connectivity index (χ0) is 23.3. The van der Waals surface area contributed by atoms with Crippen LogP contribution in [0.25, 0.3) is 6.08 Å². The molecular weight excluding hydrogens is 418 g/mol. The second kappa shape index (κ2) is 10.1. The number of nitrogens with zero attached hydrogens (tertiary/aromatic N) is 3. The largest absolute Gasteiger partial charge is 0.362 e. The van der Waals surface area contributed by atoms with Gasteiger partial charge in [-0.3, -0.25) is 4.79 Å². The maximum atomic E-state index is 13.7.